The van der Waals surface area contributed by atoms with Crippen LogP contribution in [-0.4, -0.2) is 193 Å². The van der Waals surface area contributed by atoms with Gasteiger partial charge >= 0.3 is 0 Å². The molecule has 3 aliphatic heterocycles. The van der Waals surface area contributed by atoms with Crippen LogP contribution in [0, 0.1) is 0 Å². The summed E-state index contributed by atoms with van der Waals surface area (Å²) in [4.78, 5) is 13.5. The van der Waals surface area contributed by atoms with Gasteiger partial charge in [0, 0.05) is 6.42 Å². The Kier molecular flexibility index (Phi) is 61.9. The van der Waals surface area contributed by atoms with Crippen molar-refractivity contribution in [1.82, 2.24) is 5.32 Å². The van der Waals surface area contributed by atoms with Crippen molar-refractivity contribution in [3.63, 3.8) is 0 Å². The molecule has 19 heteroatoms. The van der Waals surface area contributed by atoms with Crippen molar-refractivity contribution in [2.75, 3.05) is 26.4 Å². The maximum atomic E-state index is 13.5. The number of carbonyl (C=O) groups excluding carboxylic acids is 1. The van der Waals surface area contributed by atoms with E-state index < -0.39 is 124 Å². The molecule has 1 amide bonds. The molecule has 3 heterocycles. The Morgan fingerprint density at radius 1 is 0.346 bits per heavy atom. The first-order chi connectivity index (χ1) is 52.3. The van der Waals surface area contributed by atoms with E-state index >= 15 is 0 Å². The van der Waals surface area contributed by atoms with Gasteiger partial charge in [0.25, 0.3) is 0 Å². The number of amides is 1. The predicted octanol–water partition coefficient (Wildman–Crippen LogP) is 15.7. The molecule has 0 aromatic rings. The lowest BCUT2D eigenvalue weighted by molar-refractivity contribution is -0.379. The van der Waals surface area contributed by atoms with Crippen molar-refractivity contribution in [1.29, 1.82) is 0 Å². The first-order valence-corrected chi connectivity index (χ1v) is 43.3. The zero-order valence-electron chi connectivity index (χ0n) is 66.9. The number of hydrogen-bond donors (Lipinski definition) is 12. The van der Waals surface area contributed by atoms with E-state index in [4.69, 9.17) is 28.4 Å². The topological polar surface area (TPSA) is 307 Å². The first-order valence-electron chi connectivity index (χ1n) is 43.3. The van der Waals surface area contributed by atoms with E-state index in [1.54, 1.807) is 0 Å². The van der Waals surface area contributed by atoms with Crippen LogP contribution in [0.1, 0.15) is 335 Å². The molecular formula is C88H157NO18. The SMILES string of the molecule is CC/C=C\C/C=C\C/C=C\C/C=C\C/C=C\C/C=C\C/C=C\CCCCCCCCCCCCCCCCCCCCCC(=O)NC(COC1OC(CO)C(OC2OC(CO)C(OC3OC(CO)C(O)C(O)C3O)C(O)C2O)C(O)C1O)C(O)CCCCCCCCCCCCCCCCCCCCCCC. The van der Waals surface area contributed by atoms with Crippen LogP contribution in [0.2, 0.25) is 0 Å². The number of unbranched alkanes of at least 4 members (excludes halogenated alkanes) is 39. The van der Waals surface area contributed by atoms with E-state index in [0.29, 0.717) is 12.8 Å². The van der Waals surface area contributed by atoms with Crippen molar-refractivity contribution in [3.8, 4) is 0 Å². The number of nitrogens with one attached hydrogen (secondary N) is 1. The van der Waals surface area contributed by atoms with E-state index in [0.717, 1.165) is 89.9 Å². The smallest absolute Gasteiger partial charge is 0.220 e. The van der Waals surface area contributed by atoms with E-state index in [9.17, 15) is 61.0 Å². The zero-order chi connectivity index (χ0) is 77.4. The van der Waals surface area contributed by atoms with Gasteiger partial charge in [-0.05, 0) is 70.6 Å². The Bertz CT molecular complexity index is 2260. The van der Waals surface area contributed by atoms with Crippen LogP contribution in [0.3, 0.4) is 0 Å². The molecule has 0 bridgehead atoms. The van der Waals surface area contributed by atoms with Gasteiger partial charge in [0.05, 0.1) is 38.6 Å². The lowest BCUT2D eigenvalue weighted by atomic mass is 9.96. The molecule has 3 rings (SSSR count). The molecule has 622 valence electrons. The first kappa shape index (κ1) is 98.2. The summed E-state index contributed by atoms with van der Waals surface area (Å²) in [5.74, 6) is -0.239. The maximum absolute atomic E-state index is 13.5. The number of aliphatic hydroxyl groups excluding tert-OH is 11. The van der Waals surface area contributed by atoms with Gasteiger partial charge in [0.2, 0.25) is 5.91 Å². The van der Waals surface area contributed by atoms with E-state index in [1.165, 1.54) is 212 Å². The molecule has 3 aliphatic rings. The molecule has 3 saturated heterocycles. The van der Waals surface area contributed by atoms with Crippen molar-refractivity contribution >= 4 is 5.91 Å². The van der Waals surface area contributed by atoms with Crippen LogP contribution >= 0.6 is 0 Å². The second kappa shape index (κ2) is 67.5. The summed E-state index contributed by atoms with van der Waals surface area (Å²) >= 11 is 0. The summed E-state index contributed by atoms with van der Waals surface area (Å²) in [6.07, 6.45) is 63.9. The summed E-state index contributed by atoms with van der Waals surface area (Å²) < 4.78 is 34.6. The second-order valence-electron chi connectivity index (χ2n) is 30.6. The van der Waals surface area contributed by atoms with Gasteiger partial charge in [-0.25, -0.2) is 0 Å². The number of aliphatic hydroxyl groups is 11. The van der Waals surface area contributed by atoms with Crippen molar-refractivity contribution in [2.24, 2.45) is 0 Å². The fourth-order valence-electron chi connectivity index (χ4n) is 14.4. The van der Waals surface area contributed by atoms with E-state index in [1.807, 2.05) is 0 Å². The van der Waals surface area contributed by atoms with E-state index in [-0.39, 0.29) is 18.9 Å². The summed E-state index contributed by atoms with van der Waals surface area (Å²) in [6, 6.07) is -0.890. The largest absolute Gasteiger partial charge is 0.394 e. The molecule has 17 unspecified atom stereocenters. The fraction of sp³-hybridized carbons (Fsp3) is 0.830. The van der Waals surface area contributed by atoms with Crippen LogP contribution in [0.25, 0.3) is 0 Å². The van der Waals surface area contributed by atoms with Crippen molar-refractivity contribution in [2.45, 2.75) is 439 Å². The molecule has 17 atom stereocenters. The molecule has 0 spiro atoms. The molecular weight excluding hydrogens is 1360 g/mol. The molecule has 19 nitrogen and oxygen atoms in total. The van der Waals surface area contributed by atoms with E-state index in [2.05, 4.69) is 104 Å². The Hall–Kier alpha value is -3.03. The van der Waals surface area contributed by atoms with Crippen molar-refractivity contribution in [3.05, 3.63) is 85.1 Å². The molecule has 12 N–H and O–H groups in total. The molecule has 0 aliphatic carbocycles. The Morgan fingerprint density at radius 3 is 1.01 bits per heavy atom. The predicted molar refractivity (Wildman–Crippen MR) is 429 cm³/mol. The minimum atomic E-state index is -1.97. The highest BCUT2D eigenvalue weighted by molar-refractivity contribution is 5.76. The normalized spacial score (nSPS) is 25.9. The molecule has 3 fully saturated rings. The summed E-state index contributed by atoms with van der Waals surface area (Å²) in [5.41, 5.74) is 0. The standard InChI is InChI=1S/C88H157NO18/c1-3-5-7-9-11-13-15-17-19-21-23-25-26-27-28-29-30-31-32-33-34-35-36-37-38-39-40-41-42-43-44-46-48-50-52-54-56-58-60-62-64-66-76(94)89-71(72(93)65-63-61-59-57-55-53-51-49-47-45-24-22-20-18-16-14-12-10-8-6-4-2)70-102-86-82(100)79(97)84(74(68-91)104-86)107-88-83(101)80(98)85(75(69-92)105-88)106-87-81(99)78(96)77(95)73(67-90)103-87/h5,7,11,13,17,19,23,25,27-28,30-31,33-34,71-75,77-88,90-93,95-101H,3-4,6,8-10,12,14-16,18,20-22,24,26,29,32,35-70H2,1-2H3,(H,89,94)/b7-5-,13-11-,19-17-,25-23-,28-27-,31-30-,34-33-. The number of rotatable bonds is 69. The quantitative estimate of drug-likeness (QED) is 0.0199. The van der Waals surface area contributed by atoms with Crippen LogP contribution in [0.4, 0.5) is 0 Å². The maximum Gasteiger partial charge on any atom is 0.220 e. The van der Waals surface area contributed by atoms with Gasteiger partial charge in [-0.15, -0.1) is 0 Å². The monoisotopic (exact) mass is 1520 g/mol. The minimum Gasteiger partial charge on any atom is -0.394 e. The summed E-state index contributed by atoms with van der Waals surface area (Å²) in [5, 5.41) is 121. The highest BCUT2D eigenvalue weighted by Crippen LogP contribution is 2.33. The van der Waals surface area contributed by atoms with Gasteiger partial charge in [-0.3, -0.25) is 4.79 Å². The number of allylic oxidation sites excluding steroid dienone is 14. The molecule has 0 radical (unpaired) electrons. The number of carbonyl (C=O) groups is 1. The van der Waals surface area contributed by atoms with Gasteiger partial charge in [-0.1, -0.05) is 343 Å². The summed E-state index contributed by atoms with van der Waals surface area (Å²) in [7, 11) is 0. The van der Waals surface area contributed by atoms with Gasteiger partial charge < -0.3 is 89.9 Å². The van der Waals surface area contributed by atoms with Crippen molar-refractivity contribution < 1.29 is 89.4 Å². The average Bonchev–Trinajstić information content (AvgIpc) is 0.782. The average molecular weight is 1520 g/mol. The fourth-order valence-corrected chi connectivity index (χ4v) is 14.4. The summed E-state index contributed by atoms with van der Waals surface area (Å²) in [6.45, 7) is 1.73. The molecule has 0 aromatic carbocycles. The third-order valence-electron chi connectivity index (χ3n) is 21.2. The highest BCUT2D eigenvalue weighted by Gasteiger charge is 2.54. The van der Waals surface area contributed by atoms with Gasteiger partial charge in [0.1, 0.15) is 73.2 Å². The van der Waals surface area contributed by atoms with Crippen LogP contribution in [-0.2, 0) is 33.2 Å². The molecule has 107 heavy (non-hydrogen) atoms. The lowest BCUT2D eigenvalue weighted by Crippen LogP contribution is -2.66. The Labute approximate surface area is 648 Å². The van der Waals surface area contributed by atoms with Gasteiger partial charge in [0.15, 0.2) is 18.9 Å². The zero-order valence-corrected chi connectivity index (χ0v) is 66.9. The third kappa shape index (κ3) is 46.7. The lowest BCUT2D eigenvalue weighted by Gasteiger charge is -2.48. The number of ether oxygens (including phenoxy) is 6. The van der Waals surface area contributed by atoms with Gasteiger partial charge in [-0.2, -0.15) is 0 Å². The number of hydrogen-bond acceptors (Lipinski definition) is 18. The molecule has 0 aromatic heterocycles. The van der Waals surface area contributed by atoms with Crippen LogP contribution in [0.15, 0.2) is 85.1 Å². The highest BCUT2D eigenvalue weighted by atomic mass is 16.8. The third-order valence-corrected chi connectivity index (χ3v) is 21.2. The van der Waals surface area contributed by atoms with Crippen LogP contribution in [0.5, 0.6) is 0 Å². The minimum absolute atomic E-state index is 0.239. The molecule has 0 saturated carbocycles. The Balaban J connectivity index is 1.30. The Morgan fingerprint density at radius 2 is 0.645 bits per heavy atom. The second-order valence-corrected chi connectivity index (χ2v) is 30.6. The van der Waals surface area contributed by atoms with Crippen LogP contribution < -0.4 is 5.32 Å².